The summed E-state index contributed by atoms with van der Waals surface area (Å²) in [6.07, 6.45) is -2.12. The Labute approximate surface area is 212 Å². The van der Waals surface area contributed by atoms with Gasteiger partial charge in [0.15, 0.2) is 40.8 Å². The zero-order chi connectivity index (χ0) is 26.5. The Kier molecular flexibility index (Phi) is 8.01. The molecule has 1 aliphatic heterocycles. The lowest BCUT2D eigenvalue weighted by molar-refractivity contribution is -0.137. The molecule has 2 aromatic heterocycles. The Morgan fingerprint density at radius 2 is 1.86 bits per heavy atom. The molecule has 4 atom stereocenters. The molecule has 0 aliphatic carbocycles. The molecule has 3 aromatic rings. The number of anilines is 1. The minimum absolute atomic E-state index is 0.140. The number of carbonyl (C=O) groups is 2. The fourth-order valence-electron chi connectivity index (χ4n) is 4.02. The van der Waals surface area contributed by atoms with Crippen LogP contribution in [0.3, 0.4) is 0 Å². The molecule has 0 radical (unpaired) electrons. The number of methoxy groups -OCH3 is 2. The predicted molar refractivity (Wildman–Crippen MR) is 130 cm³/mol. The maximum Gasteiger partial charge on any atom is 0.320 e. The SMILES string of the molecule is CCNC(=O)[C@H]1O[C@@H](n2cnc3c(NC(=O)NCCc4ccc(OC)c(OC)c4)ncnc32)[C@H](O)[C@@H]1O. The van der Waals surface area contributed by atoms with Crippen molar-refractivity contribution < 1.29 is 34.0 Å². The average molecular weight is 516 g/mol. The van der Waals surface area contributed by atoms with Gasteiger partial charge in [0, 0.05) is 13.1 Å². The van der Waals surface area contributed by atoms with Crippen LogP contribution in [0.15, 0.2) is 30.9 Å². The Morgan fingerprint density at radius 1 is 1.08 bits per heavy atom. The number of likely N-dealkylation sites (N-methyl/N-ethyl adjacent to an activating group) is 1. The van der Waals surface area contributed by atoms with Gasteiger partial charge in [-0.1, -0.05) is 6.07 Å². The summed E-state index contributed by atoms with van der Waals surface area (Å²) in [5.41, 5.74) is 1.43. The molecule has 0 unspecified atom stereocenters. The summed E-state index contributed by atoms with van der Waals surface area (Å²) in [6, 6.07) is 5.02. The quantitative estimate of drug-likeness (QED) is 0.259. The summed E-state index contributed by atoms with van der Waals surface area (Å²) in [5.74, 6) is 0.821. The van der Waals surface area contributed by atoms with Crippen molar-refractivity contribution in [3.8, 4) is 11.5 Å². The van der Waals surface area contributed by atoms with E-state index in [9.17, 15) is 19.8 Å². The molecule has 14 heteroatoms. The first-order chi connectivity index (χ1) is 17.9. The third-order valence-corrected chi connectivity index (χ3v) is 5.86. The number of aromatic nitrogens is 4. The summed E-state index contributed by atoms with van der Waals surface area (Å²) in [5, 5.41) is 28.8. The molecule has 3 amide bonds. The highest BCUT2D eigenvalue weighted by atomic mass is 16.6. The highest BCUT2D eigenvalue weighted by molar-refractivity contribution is 5.95. The predicted octanol–water partition coefficient (Wildman–Crippen LogP) is -0.0370. The van der Waals surface area contributed by atoms with Gasteiger partial charge in [0.25, 0.3) is 5.91 Å². The Morgan fingerprint density at radius 3 is 2.59 bits per heavy atom. The van der Waals surface area contributed by atoms with Crippen LogP contribution < -0.4 is 25.4 Å². The van der Waals surface area contributed by atoms with Crippen molar-refractivity contribution in [2.75, 3.05) is 32.6 Å². The van der Waals surface area contributed by atoms with Gasteiger partial charge in [0.2, 0.25) is 0 Å². The Bertz CT molecular complexity index is 1270. The number of aliphatic hydroxyl groups excluding tert-OH is 2. The monoisotopic (exact) mass is 515 g/mol. The first-order valence-electron chi connectivity index (χ1n) is 11.6. The first-order valence-corrected chi connectivity index (χ1v) is 11.6. The van der Waals surface area contributed by atoms with E-state index in [2.05, 4.69) is 30.9 Å². The fraction of sp³-hybridized carbons (Fsp3) is 0.435. The first kappa shape index (κ1) is 26.1. The van der Waals surface area contributed by atoms with Crippen molar-refractivity contribution in [2.24, 2.45) is 0 Å². The van der Waals surface area contributed by atoms with Crippen LogP contribution in [0.4, 0.5) is 10.6 Å². The van der Waals surface area contributed by atoms with E-state index in [1.54, 1.807) is 27.2 Å². The number of hydrogen-bond acceptors (Lipinski definition) is 10. The van der Waals surface area contributed by atoms with Crippen LogP contribution >= 0.6 is 0 Å². The number of imidazole rings is 1. The molecule has 1 aromatic carbocycles. The highest BCUT2D eigenvalue weighted by Crippen LogP contribution is 2.32. The average Bonchev–Trinajstić information content (AvgIpc) is 3.45. The number of urea groups is 1. The van der Waals surface area contributed by atoms with Gasteiger partial charge in [0.05, 0.1) is 20.5 Å². The van der Waals surface area contributed by atoms with E-state index in [4.69, 9.17) is 14.2 Å². The lowest BCUT2D eigenvalue weighted by Crippen LogP contribution is -2.42. The molecule has 0 bridgehead atoms. The van der Waals surface area contributed by atoms with E-state index in [1.807, 2.05) is 12.1 Å². The molecular weight excluding hydrogens is 486 g/mol. The van der Waals surface area contributed by atoms with Gasteiger partial charge in [-0.2, -0.15) is 0 Å². The van der Waals surface area contributed by atoms with E-state index >= 15 is 0 Å². The van der Waals surface area contributed by atoms with Gasteiger partial charge in [0.1, 0.15) is 18.5 Å². The number of fused-ring (bicyclic) bond motifs is 1. The van der Waals surface area contributed by atoms with Gasteiger partial charge >= 0.3 is 6.03 Å². The van der Waals surface area contributed by atoms with Crippen LogP contribution in [0.5, 0.6) is 11.5 Å². The normalized spacial score (nSPS) is 21.0. The van der Waals surface area contributed by atoms with Crippen molar-refractivity contribution in [3.63, 3.8) is 0 Å². The third kappa shape index (κ3) is 5.40. The van der Waals surface area contributed by atoms with Crippen LogP contribution in [0.25, 0.3) is 11.2 Å². The minimum atomic E-state index is -1.44. The summed E-state index contributed by atoms with van der Waals surface area (Å²) < 4.78 is 17.5. The van der Waals surface area contributed by atoms with Crippen molar-refractivity contribution >= 4 is 28.9 Å². The summed E-state index contributed by atoms with van der Waals surface area (Å²) in [6.45, 7) is 2.42. The fourth-order valence-corrected chi connectivity index (χ4v) is 4.02. The topological polar surface area (TPSA) is 182 Å². The number of amides is 3. The smallest absolute Gasteiger partial charge is 0.320 e. The largest absolute Gasteiger partial charge is 0.493 e. The van der Waals surface area contributed by atoms with Gasteiger partial charge in [-0.05, 0) is 31.0 Å². The molecule has 4 rings (SSSR count). The van der Waals surface area contributed by atoms with Gasteiger partial charge in [-0.3, -0.25) is 14.7 Å². The van der Waals surface area contributed by atoms with Crippen LogP contribution in [-0.2, 0) is 16.0 Å². The molecule has 5 N–H and O–H groups in total. The molecular formula is C23H29N7O7. The number of aliphatic hydroxyl groups is 2. The maximum absolute atomic E-state index is 12.5. The summed E-state index contributed by atoms with van der Waals surface area (Å²) in [7, 11) is 3.12. The molecule has 3 heterocycles. The number of rotatable bonds is 9. The summed E-state index contributed by atoms with van der Waals surface area (Å²) in [4.78, 5) is 37.2. The molecule has 1 saturated heterocycles. The standard InChI is InChI=1S/C23H29N7O7/c1-4-24-21(33)18-16(31)17(32)22(37-18)30-11-28-15-19(26-10-27-20(15)30)29-23(34)25-8-7-12-5-6-13(35-2)14(9-12)36-3/h5-6,9-11,16-18,22,31-32H,4,7-8H2,1-3H3,(H,24,33)(H2,25,26,27,29,34)/t16-,17+,18-,22+/m0/s1. The molecule has 1 fully saturated rings. The number of benzene rings is 1. The molecule has 14 nitrogen and oxygen atoms in total. The maximum atomic E-state index is 12.5. The minimum Gasteiger partial charge on any atom is -0.493 e. The van der Waals surface area contributed by atoms with Crippen LogP contribution in [0, 0.1) is 0 Å². The zero-order valence-corrected chi connectivity index (χ0v) is 20.5. The van der Waals surface area contributed by atoms with E-state index in [0.29, 0.717) is 31.0 Å². The molecule has 0 saturated carbocycles. The number of hydrogen-bond donors (Lipinski definition) is 5. The number of ether oxygens (including phenoxy) is 3. The molecule has 1 aliphatic rings. The van der Waals surface area contributed by atoms with Crippen LogP contribution in [-0.4, -0.2) is 87.3 Å². The van der Waals surface area contributed by atoms with E-state index in [1.165, 1.54) is 17.2 Å². The van der Waals surface area contributed by atoms with Gasteiger partial charge in [-0.25, -0.2) is 19.7 Å². The highest BCUT2D eigenvalue weighted by Gasteiger charge is 2.47. The number of nitrogens with zero attached hydrogens (tertiary/aromatic N) is 4. The molecule has 0 spiro atoms. The van der Waals surface area contributed by atoms with Crippen molar-refractivity contribution in [2.45, 2.75) is 37.9 Å². The zero-order valence-electron chi connectivity index (χ0n) is 20.5. The van der Waals surface area contributed by atoms with Crippen molar-refractivity contribution in [1.29, 1.82) is 0 Å². The van der Waals surface area contributed by atoms with Gasteiger partial charge < -0.3 is 35.1 Å². The Hall–Kier alpha value is -4.01. The Balaban J connectivity index is 1.41. The number of carbonyl (C=O) groups excluding carboxylic acids is 2. The third-order valence-electron chi connectivity index (χ3n) is 5.86. The van der Waals surface area contributed by atoms with E-state index in [-0.39, 0.29) is 17.0 Å². The summed E-state index contributed by atoms with van der Waals surface area (Å²) >= 11 is 0. The lowest BCUT2D eigenvalue weighted by Gasteiger charge is -2.16. The second-order valence-corrected chi connectivity index (χ2v) is 8.19. The second kappa shape index (κ2) is 11.4. The second-order valence-electron chi connectivity index (χ2n) is 8.19. The van der Waals surface area contributed by atoms with Crippen LogP contribution in [0.1, 0.15) is 18.7 Å². The van der Waals surface area contributed by atoms with E-state index < -0.39 is 36.5 Å². The van der Waals surface area contributed by atoms with Crippen LogP contribution in [0.2, 0.25) is 0 Å². The molecule has 37 heavy (non-hydrogen) atoms. The van der Waals surface area contributed by atoms with Crippen molar-refractivity contribution in [3.05, 3.63) is 36.4 Å². The number of nitrogens with one attached hydrogen (secondary N) is 3. The van der Waals surface area contributed by atoms with E-state index in [0.717, 1.165) is 5.56 Å². The van der Waals surface area contributed by atoms with Crippen molar-refractivity contribution in [1.82, 2.24) is 30.2 Å². The van der Waals surface area contributed by atoms with Gasteiger partial charge in [-0.15, -0.1) is 0 Å². The molecule has 198 valence electrons. The lowest BCUT2D eigenvalue weighted by atomic mass is 10.1.